The number of rotatable bonds is 3. The van der Waals surface area contributed by atoms with E-state index in [0.29, 0.717) is 5.56 Å². The summed E-state index contributed by atoms with van der Waals surface area (Å²) in [6.45, 7) is 2.79. The molecule has 0 fully saturated rings. The lowest BCUT2D eigenvalue weighted by molar-refractivity contribution is 0.0696. The van der Waals surface area contributed by atoms with E-state index in [2.05, 4.69) is 14.8 Å². The zero-order valence-electron chi connectivity index (χ0n) is 11.9. The van der Waals surface area contributed by atoms with Crippen molar-refractivity contribution in [1.29, 1.82) is 0 Å². The lowest BCUT2D eigenvalue weighted by atomic mass is 10.1. The fraction of sp³-hybridized carbons (Fsp3) is 0.400. The summed E-state index contributed by atoms with van der Waals surface area (Å²) in [5, 5.41) is 18.5. The fourth-order valence-corrected chi connectivity index (χ4v) is 3.55. The molecule has 1 aliphatic rings. The van der Waals surface area contributed by atoms with Gasteiger partial charge in [-0.1, -0.05) is 6.42 Å². The Morgan fingerprint density at radius 2 is 2.14 bits per heavy atom. The number of aryl methyl sites for hydroxylation is 2. The third kappa shape index (κ3) is 2.95. The van der Waals surface area contributed by atoms with Crippen LogP contribution in [0.2, 0.25) is 0 Å². The molecule has 0 amide bonds. The average molecular weight is 303 g/mol. The SMILES string of the molecule is Cc1cc(Sc2nnc3n2CCCCC3)ccc1C(=O)O. The Hall–Kier alpha value is -1.82. The monoisotopic (exact) mass is 303 g/mol. The maximum Gasteiger partial charge on any atom is 0.335 e. The van der Waals surface area contributed by atoms with E-state index < -0.39 is 5.97 Å². The van der Waals surface area contributed by atoms with Gasteiger partial charge < -0.3 is 9.67 Å². The normalized spacial score (nSPS) is 14.5. The summed E-state index contributed by atoms with van der Waals surface area (Å²) in [5.74, 6) is 0.175. The number of nitrogens with zero attached hydrogens (tertiary/aromatic N) is 3. The first kappa shape index (κ1) is 14.1. The molecule has 5 nitrogen and oxygen atoms in total. The molecular weight excluding hydrogens is 286 g/mol. The first-order chi connectivity index (χ1) is 10.1. The summed E-state index contributed by atoms with van der Waals surface area (Å²) >= 11 is 1.55. The maximum absolute atomic E-state index is 11.0. The molecule has 0 aliphatic carbocycles. The van der Waals surface area contributed by atoms with Gasteiger partial charge in [-0.2, -0.15) is 0 Å². The molecule has 2 heterocycles. The van der Waals surface area contributed by atoms with E-state index >= 15 is 0 Å². The van der Waals surface area contributed by atoms with Crippen LogP contribution in [0.4, 0.5) is 0 Å². The van der Waals surface area contributed by atoms with E-state index in [1.807, 2.05) is 19.1 Å². The average Bonchev–Trinajstić information content (AvgIpc) is 2.68. The van der Waals surface area contributed by atoms with Crippen LogP contribution in [0.15, 0.2) is 28.3 Å². The predicted molar refractivity (Wildman–Crippen MR) is 79.8 cm³/mol. The predicted octanol–water partition coefficient (Wildman–Crippen LogP) is 3.16. The van der Waals surface area contributed by atoms with Crippen LogP contribution >= 0.6 is 11.8 Å². The number of hydrogen-bond donors (Lipinski definition) is 1. The smallest absolute Gasteiger partial charge is 0.335 e. The quantitative estimate of drug-likeness (QED) is 0.943. The number of carboxylic acid groups (broad SMARTS) is 1. The Labute approximate surface area is 127 Å². The van der Waals surface area contributed by atoms with Crippen LogP contribution in [0, 0.1) is 6.92 Å². The highest BCUT2D eigenvalue weighted by Gasteiger charge is 2.16. The van der Waals surface area contributed by atoms with Crippen LogP contribution < -0.4 is 0 Å². The summed E-state index contributed by atoms with van der Waals surface area (Å²) in [6, 6.07) is 5.38. The second-order valence-corrected chi connectivity index (χ2v) is 6.29. The minimum atomic E-state index is -0.889. The molecule has 0 atom stereocenters. The van der Waals surface area contributed by atoms with Crippen LogP contribution in [0.3, 0.4) is 0 Å². The molecule has 1 aromatic carbocycles. The third-order valence-electron chi connectivity index (χ3n) is 3.71. The van der Waals surface area contributed by atoms with Crippen molar-refractivity contribution in [3.8, 4) is 0 Å². The summed E-state index contributed by atoms with van der Waals surface area (Å²) in [4.78, 5) is 12.0. The first-order valence-electron chi connectivity index (χ1n) is 7.09. The number of carboxylic acids is 1. The van der Waals surface area contributed by atoms with Crippen LogP contribution in [-0.4, -0.2) is 25.8 Å². The van der Waals surface area contributed by atoms with Gasteiger partial charge in [0.05, 0.1) is 5.56 Å². The van der Waals surface area contributed by atoms with E-state index in [-0.39, 0.29) is 0 Å². The molecular formula is C15H17N3O2S. The highest BCUT2D eigenvalue weighted by molar-refractivity contribution is 7.99. The molecule has 3 rings (SSSR count). The molecule has 6 heteroatoms. The molecule has 2 aromatic rings. The van der Waals surface area contributed by atoms with Crippen molar-refractivity contribution in [3.63, 3.8) is 0 Å². The summed E-state index contributed by atoms with van der Waals surface area (Å²) in [6.07, 6.45) is 4.56. The summed E-state index contributed by atoms with van der Waals surface area (Å²) < 4.78 is 2.19. The molecule has 0 unspecified atom stereocenters. The number of carbonyl (C=O) groups is 1. The Kier molecular flexibility index (Phi) is 3.96. The minimum absolute atomic E-state index is 0.347. The number of hydrogen-bond acceptors (Lipinski definition) is 4. The summed E-state index contributed by atoms with van der Waals surface area (Å²) in [7, 11) is 0. The second-order valence-electron chi connectivity index (χ2n) is 5.25. The molecule has 21 heavy (non-hydrogen) atoms. The van der Waals surface area contributed by atoms with Crippen molar-refractivity contribution in [3.05, 3.63) is 35.2 Å². The lowest BCUT2D eigenvalue weighted by Gasteiger charge is -2.07. The van der Waals surface area contributed by atoms with Gasteiger partial charge >= 0.3 is 5.97 Å². The van der Waals surface area contributed by atoms with Gasteiger partial charge in [0.2, 0.25) is 0 Å². The van der Waals surface area contributed by atoms with Crippen LogP contribution in [0.25, 0.3) is 0 Å². The van der Waals surface area contributed by atoms with Gasteiger partial charge in [-0.3, -0.25) is 0 Å². The zero-order valence-corrected chi connectivity index (χ0v) is 12.7. The molecule has 0 spiro atoms. The van der Waals surface area contributed by atoms with E-state index in [1.54, 1.807) is 17.8 Å². The van der Waals surface area contributed by atoms with Gasteiger partial charge in [0, 0.05) is 17.9 Å². The van der Waals surface area contributed by atoms with E-state index in [9.17, 15) is 4.79 Å². The highest BCUT2D eigenvalue weighted by Crippen LogP contribution is 2.29. The molecule has 0 radical (unpaired) electrons. The van der Waals surface area contributed by atoms with Crippen molar-refractivity contribution in [2.45, 2.75) is 49.2 Å². The third-order valence-corrected chi connectivity index (χ3v) is 4.69. The largest absolute Gasteiger partial charge is 0.478 e. The number of benzene rings is 1. The van der Waals surface area contributed by atoms with Crippen LogP contribution in [0.1, 0.15) is 41.0 Å². The van der Waals surface area contributed by atoms with Crippen molar-refractivity contribution in [2.24, 2.45) is 0 Å². The van der Waals surface area contributed by atoms with Crippen molar-refractivity contribution in [2.75, 3.05) is 0 Å². The molecule has 1 aliphatic heterocycles. The van der Waals surface area contributed by atoms with Gasteiger partial charge in [0.15, 0.2) is 5.16 Å². The summed E-state index contributed by atoms with van der Waals surface area (Å²) in [5.41, 5.74) is 1.11. The van der Waals surface area contributed by atoms with Gasteiger partial charge in [-0.05, 0) is 55.3 Å². The Morgan fingerprint density at radius 3 is 2.90 bits per heavy atom. The molecule has 0 bridgehead atoms. The minimum Gasteiger partial charge on any atom is -0.478 e. The van der Waals surface area contributed by atoms with Gasteiger partial charge in [0.25, 0.3) is 0 Å². The molecule has 110 valence electrons. The number of fused-ring (bicyclic) bond motifs is 1. The Bertz CT molecular complexity index is 682. The maximum atomic E-state index is 11.0. The second kappa shape index (κ2) is 5.89. The van der Waals surface area contributed by atoms with E-state index in [1.165, 1.54) is 12.8 Å². The van der Waals surface area contributed by atoms with Gasteiger partial charge in [0.1, 0.15) is 5.82 Å². The van der Waals surface area contributed by atoms with E-state index in [4.69, 9.17) is 5.11 Å². The molecule has 0 saturated carbocycles. The first-order valence-corrected chi connectivity index (χ1v) is 7.90. The lowest BCUT2D eigenvalue weighted by Crippen LogP contribution is -2.02. The zero-order chi connectivity index (χ0) is 14.8. The van der Waals surface area contributed by atoms with Crippen molar-refractivity contribution >= 4 is 17.7 Å². The Balaban J connectivity index is 1.86. The fourth-order valence-electron chi connectivity index (χ4n) is 2.58. The Morgan fingerprint density at radius 1 is 1.29 bits per heavy atom. The number of aromatic nitrogens is 3. The van der Waals surface area contributed by atoms with Crippen molar-refractivity contribution in [1.82, 2.24) is 14.8 Å². The standard InChI is InChI=1S/C15H17N3O2S/c1-10-9-11(6-7-12(10)14(19)20)21-15-17-16-13-5-3-2-4-8-18(13)15/h6-7,9H,2-5,8H2,1H3,(H,19,20). The topological polar surface area (TPSA) is 68.0 Å². The van der Waals surface area contributed by atoms with E-state index in [0.717, 1.165) is 40.8 Å². The van der Waals surface area contributed by atoms with Gasteiger partial charge in [-0.25, -0.2) is 4.79 Å². The molecule has 0 saturated heterocycles. The molecule has 1 N–H and O–H groups in total. The molecule has 1 aromatic heterocycles. The van der Waals surface area contributed by atoms with Crippen molar-refractivity contribution < 1.29 is 9.90 Å². The van der Waals surface area contributed by atoms with Crippen LogP contribution in [-0.2, 0) is 13.0 Å². The van der Waals surface area contributed by atoms with Gasteiger partial charge in [-0.15, -0.1) is 10.2 Å². The highest BCUT2D eigenvalue weighted by atomic mass is 32.2. The number of aromatic carboxylic acids is 1. The van der Waals surface area contributed by atoms with Crippen LogP contribution in [0.5, 0.6) is 0 Å².